The summed E-state index contributed by atoms with van der Waals surface area (Å²) in [6, 6.07) is 18.4. The minimum atomic E-state index is -0.0691. The first-order valence-electron chi connectivity index (χ1n) is 8.70. The van der Waals surface area contributed by atoms with Crippen molar-refractivity contribution >= 4 is 5.91 Å². The highest BCUT2D eigenvalue weighted by molar-refractivity contribution is 5.77. The van der Waals surface area contributed by atoms with Gasteiger partial charge in [-0.25, -0.2) is 0 Å². The average Bonchev–Trinajstić information content (AvgIpc) is 3.03. The first-order valence-corrected chi connectivity index (χ1v) is 8.70. The molecule has 0 bridgehead atoms. The molecule has 1 aliphatic carbocycles. The van der Waals surface area contributed by atoms with Gasteiger partial charge >= 0.3 is 0 Å². The van der Waals surface area contributed by atoms with Gasteiger partial charge in [0, 0.05) is 20.1 Å². The van der Waals surface area contributed by atoms with Gasteiger partial charge in [-0.15, -0.1) is 0 Å². The zero-order chi connectivity index (χ0) is 16.9. The fraction of sp³-hybridized carbons (Fsp3) is 0.381. The van der Waals surface area contributed by atoms with Gasteiger partial charge in [0.05, 0.1) is 6.04 Å². The second-order valence-corrected chi connectivity index (χ2v) is 6.58. The molecule has 3 rings (SSSR count). The smallest absolute Gasteiger partial charge is 0.223 e. The Morgan fingerprint density at radius 2 is 1.88 bits per heavy atom. The zero-order valence-corrected chi connectivity index (χ0v) is 14.2. The van der Waals surface area contributed by atoms with Crippen molar-refractivity contribution in [3.05, 3.63) is 71.3 Å². The van der Waals surface area contributed by atoms with Gasteiger partial charge in [0.2, 0.25) is 5.91 Å². The number of aliphatic hydroxyl groups is 1. The molecule has 2 aromatic rings. The van der Waals surface area contributed by atoms with Crippen LogP contribution < -0.4 is 0 Å². The van der Waals surface area contributed by atoms with Crippen LogP contribution in [0, 0.1) is 0 Å². The highest BCUT2D eigenvalue weighted by Crippen LogP contribution is 2.36. The molecule has 0 radical (unpaired) electrons. The SMILES string of the molecule is CN(C(=O)CC1CCc2ccccc21)C(CCO)c1ccccc1. The van der Waals surface area contributed by atoms with Crippen LogP contribution in [-0.4, -0.2) is 29.6 Å². The number of nitrogens with zero attached hydrogens (tertiary/aromatic N) is 1. The third-order valence-corrected chi connectivity index (χ3v) is 5.13. The molecule has 0 aromatic heterocycles. The van der Waals surface area contributed by atoms with E-state index in [4.69, 9.17) is 0 Å². The summed E-state index contributed by atoms with van der Waals surface area (Å²) in [5.74, 6) is 0.473. The van der Waals surface area contributed by atoms with E-state index in [-0.39, 0.29) is 18.6 Å². The lowest BCUT2D eigenvalue weighted by molar-refractivity contribution is -0.132. The van der Waals surface area contributed by atoms with Crippen molar-refractivity contribution in [2.75, 3.05) is 13.7 Å². The average molecular weight is 323 g/mol. The maximum absolute atomic E-state index is 12.8. The lowest BCUT2D eigenvalue weighted by Gasteiger charge is -2.29. The van der Waals surface area contributed by atoms with Crippen LogP contribution in [0.25, 0.3) is 0 Å². The number of hydrogen-bond acceptors (Lipinski definition) is 2. The van der Waals surface area contributed by atoms with Gasteiger partial charge < -0.3 is 10.0 Å². The molecule has 3 nitrogen and oxygen atoms in total. The van der Waals surface area contributed by atoms with Crippen molar-refractivity contribution in [1.29, 1.82) is 0 Å². The summed E-state index contributed by atoms with van der Waals surface area (Å²) in [7, 11) is 1.86. The number of amides is 1. The summed E-state index contributed by atoms with van der Waals surface area (Å²) < 4.78 is 0. The Hall–Kier alpha value is -2.13. The molecule has 0 fully saturated rings. The number of carbonyl (C=O) groups is 1. The highest BCUT2D eigenvalue weighted by atomic mass is 16.3. The minimum Gasteiger partial charge on any atom is -0.396 e. The molecule has 2 atom stereocenters. The molecule has 0 aliphatic heterocycles. The standard InChI is InChI=1S/C21H25NO2/c1-22(20(13-14-23)17-8-3-2-4-9-17)21(24)15-18-12-11-16-7-5-6-10-19(16)18/h2-10,18,20,23H,11-15H2,1H3. The van der Waals surface area contributed by atoms with Crippen molar-refractivity contribution in [1.82, 2.24) is 4.90 Å². The van der Waals surface area contributed by atoms with Gasteiger partial charge in [-0.05, 0) is 41.9 Å². The lowest BCUT2D eigenvalue weighted by atomic mass is 9.96. The summed E-state index contributed by atoms with van der Waals surface area (Å²) in [6.07, 6.45) is 3.22. The molecule has 3 heteroatoms. The fourth-order valence-corrected chi connectivity index (χ4v) is 3.77. The van der Waals surface area contributed by atoms with E-state index in [1.165, 1.54) is 11.1 Å². The number of carbonyl (C=O) groups excluding carboxylic acids is 1. The van der Waals surface area contributed by atoms with E-state index in [9.17, 15) is 9.90 Å². The quantitative estimate of drug-likeness (QED) is 0.881. The second kappa shape index (κ2) is 7.63. The van der Waals surface area contributed by atoms with Crippen LogP contribution in [0.15, 0.2) is 54.6 Å². The third-order valence-electron chi connectivity index (χ3n) is 5.13. The molecule has 126 valence electrons. The predicted octanol–water partition coefficient (Wildman–Crippen LogP) is 3.69. The Morgan fingerprint density at radius 3 is 2.62 bits per heavy atom. The normalized spacial score (nSPS) is 17.3. The monoisotopic (exact) mass is 323 g/mol. The van der Waals surface area contributed by atoms with E-state index < -0.39 is 0 Å². The summed E-state index contributed by atoms with van der Waals surface area (Å²) in [6.45, 7) is 0.0729. The molecule has 0 heterocycles. The van der Waals surface area contributed by atoms with Gasteiger partial charge in [-0.1, -0.05) is 54.6 Å². The Morgan fingerprint density at radius 1 is 1.17 bits per heavy atom. The summed E-state index contributed by atoms with van der Waals surface area (Å²) in [5, 5.41) is 9.41. The van der Waals surface area contributed by atoms with Gasteiger partial charge in [0.25, 0.3) is 0 Å². The van der Waals surface area contributed by atoms with Crippen LogP contribution in [0.3, 0.4) is 0 Å². The van der Waals surface area contributed by atoms with Crippen molar-refractivity contribution in [3.8, 4) is 0 Å². The van der Waals surface area contributed by atoms with Crippen LogP contribution in [-0.2, 0) is 11.2 Å². The van der Waals surface area contributed by atoms with Gasteiger partial charge in [-0.3, -0.25) is 4.79 Å². The Balaban J connectivity index is 1.72. The van der Waals surface area contributed by atoms with Gasteiger partial charge in [0.15, 0.2) is 0 Å². The number of benzene rings is 2. The van der Waals surface area contributed by atoms with Crippen molar-refractivity contribution in [3.63, 3.8) is 0 Å². The molecule has 2 unspecified atom stereocenters. The van der Waals surface area contributed by atoms with Crippen molar-refractivity contribution in [2.45, 2.75) is 37.6 Å². The van der Waals surface area contributed by atoms with E-state index >= 15 is 0 Å². The number of rotatable bonds is 6. The second-order valence-electron chi connectivity index (χ2n) is 6.58. The summed E-state index contributed by atoms with van der Waals surface area (Å²) in [5.41, 5.74) is 3.79. The van der Waals surface area contributed by atoms with Crippen LogP contribution in [0.1, 0.15) is 47.9 Å². The van der Waals surface area contributed by atoms with E-state index in [1.54, 1.807) is 0 Å². The first-order chi connectivity index (χ1) is 11.7. The lowest BCUT2D eigenvalue weighted by Crippen LogP contribution is -2.32. The van der Waals surface area contributed by atoms with Gasteiger partial charge in [0.1, 0.15) is 0 Å². The number of fused-ring (bicyclic) bond motifs is 1. The number of aryl methyl sites for hydroxylation is 1. The molecule has 1 amide bonds. The molecular weight excluding hydrogens is 298 g/mol. The largest absolute Gasteiger partial charge is 0.396 e. The predicted molar refractivity (Wildman–Crippen MR) is 95.8 cm³/mol. The Labute approximate surface area is 143 Å². The van der Waals surface area contributed by atoms with E-state index in [0.29, 0.717) is 18.8 Å². The number of hydrogen-bond donors (Lipinski definition) is 1. The zero-order valence-electron chi connectivity index (χ0n) is 14.2. The molecule has 0 saturated carbocycles. The topological polar surface area (TPSA) is 40.5 Å². The number of aliphatic hydroxyl groups excluding tert-OH is 1. The van der Waals surface area contributed by atoms with Crippen molar-refractivity contribution < 1.29 is 9.90 Å². The van der Waals surface area contributed by atoms with Crippen LogP contribution in [0.2, 0.25) is 0 Å². The summed E-state index contributed by atoms with van der Waals surface area (Å²) in [4.78, 5) is 14.7. The highest BCUT2D eigenvalue weighted by Gasteiger charge is 2.28. The summed E-state index contributed by atoms with van der Waals surface area (Å²) >= 11 is 0. The van der Waals surface area contributed by atoms with Gasteiger partial charge in [-0.2, -0.15) is 0 Å². The first kappa shape index (κ1) is 16.7. The molecule has 1 aliphatic rings. The van der Waals surface area contributed by atoms with Crippen LogP contribution in [0.4, 0.5) is 0 Å². The molecule has 0 saturated heterocycles. The van der Waals surface area contributed by atoms with Crippen LogP contribution in [0.5, 0.6) is 0 Å². The van der Waals surface area contributed by atoms with E-state index in [1.807, 2.05) is 42.3 Å². The molecule has 24 heavy (non-hydrogen) atoms. The van der Waals surface area contributed by atoms with Crippen LogP contribution >= 0.6 is 0 Å². The fourth-order valence-electron chi connectivity index (χ4n) is 3.77. The maximum Gasteiger partial charge on any atom is 0.223 e. The minimum absolute atomic E-state index is 0.0691. The Kier molecular flexibility index (Phi) is 5.31. The van der Waals surface area contributed by atoms with E-state index in [0.717, 1.165) is 18.4 Å². The molecule has 1 N–H and O–H groups in total. The molecule has 0 spiro atoms. The maximum atomic E-state index is 12.8. The van der Waals surface area contributed by atoms with Crippen molar-refractivity contribution in [2.24, 2.45) is 0 Å². The Bertz CT molecular complexity index is 683. The van der Waals surface area contributed by atoms with E-state index in [2.05, 4.69) is 24.3 Å². The third kappa shape index (κ3) is 3.51. The molecular formula is C21H25NO2. The molecule has 2 aromatic carbocycles.